The SMILES string of the molecule is CN=Cc1cc(N2Cc3ccc(NCC(F)(F)F)cc3N(c3ccc(OC(F)F)cc3)C2=O)ccc1N. The van der Waals surface area contributed by atoms with Crippen LogP contribution in [0.4, 0.5) is 55.2 Å². The number of benzene rings is 3. The highest BCUT2D eigenvalue weighted by Crippen LogP contribution is 2.39. The van der Waals surface area contributed by atoms with Gasteiger partial charge < -0.3 is 15.8 Å². The number of nitrogens with two attached hydrogens (primary N) is 1. The van der Waals surface area contributed by atoms with Crippen LogP contribution in [0.5, 0.6) is 5.75 Å². The van der Waals surface area contributed by atoms with Crippen molar-refractivity contribution in [1.29, 1.82) is 0 Å². The van der Waals surface area contributed by atoms with E-state index in [1.807, 2.05) is 0 Å². The third-order valence-corrected chi connectivity index (χ3v) is 5.54. The van der Waals surface area contributed by atoms with Gasteiger partial charge in [-0.15, -0.1) is 0 Å². The van der Waals surface area contributed by atoms with E-state index in [4.69, 9.17) is 5.73 Å². The van der Waals surface area contributed by atoms with Crippen LogP contribution in [0.1, 0.15) is 11.1 Å². The summed E-state index contributed by atoms with van der Waals surface area (Å²) >= 11 is 0. The van der Waals surface area contributed by atoms with E-state index in [0.29, 0.717) is 33.9 Å². The number of nitrogens with zero attached hydrogens (tertiary/aromatic N) is 3. The molecule has 1 aliphatic rings. The van der Waals surface area contributed by atoms with Gasteiger partial charge in [0.25, 0.3) is 0 Å². The number of urea groups is 1. The summed E-state index contributed by atoms with van der Waals surface area (Å²) < 4.78 is 67.8. The molecule has 0 saturated carbocycles. The van der Waals surface area contributed by atoms with Crippen molar-refractivity contribution in [3.05, 3.63) is 71.8 Å². The van der Waals surface area contributed by atoms with Crippen molar-refractivity contribution in [2.24, 2.45) is 4.99 Å². The molecule has 4 rings (SSSR count). The Morgan fingerprint density at radius 3 is 2.43 bits per heavy atom. The highest BCUT2D eigenvalue weighted by molar-refractivity contribution is 6.11. The molecule has 0 saturated heterocycles. The van der Waals surface area contributed by atoms with Crippen molar-refractivity contribution in [3.8, 4) is 5.75 Å². The van der Waals surface area contributed by atoms with Crippen LogP contribution in [0.3, 0.4) is 0 Å². The molecule has 0 aromatic heterocycles. The van der Waals surface area contributed by atoms with Gasteiger partial charge in [0.1, 0.15) is 12.3 Å². The largest absolute Gasteiger partial charge is 0.435 e. The molecule has 1 aliphatic heterocycles. The number of aliphatic imine (C=N–C) groups is 1. The topological polar surface area (TPSA) is 83.2 Å². The van der Waals surface area contributed by atoms with Crippen molar-refractivity contribution in [3.63, 3.8) is 0 Å². The van der Waals surface area contributed by atoms with Gasteiger partial charge in [-0.3, -0.25) is 14.8 Å². The van der Waals surface area contributed by atoms with Gasteiger partial charge in [0.15, 0.2) is 0 Å². The molecule has 194 valence electrons. The number of halogens is 5. The van der Waals surface area contributed by atoms with Crippen molar-refractivity contribution >= 4 is 40.7 Å². The van der Waals surface area contributed by atoms with E-state index >= 15 is 0 Å². The van der Waals surface area contributed by atoms with E-state index in [-0.39, 0.29) is 18.0 Å². The maximum absolute atomic E-state index is 13.8. The summed E-state index contributed by atoms with van der Waals surface area (Å²) in [5.41, 5.74) is 9.04. The van der Waals surface area contributed by atoms with Crippen LogP contribution < -0.4 is 25.6 Å². The lowest BCUT2D eigenvalue weighted by atomic mass is 10.0. The zero-order chi connectivity index (χ0) is 26.7. The quantitative estimate of drug-likeness (QED) is 0.222. The summed E-state index contributed by atoms with van der Waals surface area (Å²) in [6.07, 6.45) is -2.88. The number of hydrogen-bond donors (Lipinski definition) is 2. The van der Waals surface area contributed by atoms with Gasteiger partial charge >= 0.3 is 18.8 Å². The highest BCUT2D eigenvalue weighted by atomic mass is 19.4. The lowest BCUT2D eigenvalue weighted by Crippen LogP contribution is -2.45. The summed E-state index contributed by atoms with van der Waals surface area (Å²) in [7, 11) is 1.59. The lowest BCUT2D eigenvalue weighted by molar-refractivity contribution is -0.115. The molecular formula is C25H22F5N5O2. The van der Waals surface area contributed by atoms with Crippen LogP contribution in [0, 0.1) is 0 Å². The molecule has 0 spiro atoms. The number of fused-ring (bicyclic) bond motifs is 1. The fourth-order valence-corrected chi connectivity index (χ4v) is 3.89. The van der Waals surface area contributed by atoms with E-state index in [1.54, 1.807) is 37.5 Å². The number of carbonyl (C=O) groups is 1. The molecule has 37 heavy (non-hydrogen) atoms. The minimum Gasteiger partial charge on any atom is -0.435 e. The third-order valence-electron chi connectivity index (χ3n) is 5.54. The molecule has 2 amide bonds. The molecule has 0 bridgehead atoms. The predicted molar refractivity (Wildman–Crippen MR) is 132 cm³/mol. The van der Waals surface area contributed by atoms with Gasteiger partial charge in [0.05, 0.1) is 17.9 Å². The maximum atomic E-state index is 13.8. The Bertz CT molecular complexity index is 1310. The minimum absolute atomic E-state index is 0.108. The number of hydrogen-bond acceptors (Lipinski definition) is 5. The van der Waals surface area contributed by atoms with Crippen molar-refractivity contribution in [2.75, 3.05) is 34.4 Å². The van der Waals surface area contributed by atoms with E-state index in [9.17, 15) is 26.7 Å². The summed E-state index contributed by atoms with van der Waals surface area (Å²) in [5, 5.41) is 2.31. The predicted octanol–water partition coefficient (Wildman–Crippen LogP) is 6.17. The van der Waals surface area contributed by atoms with Gasteiger partial charge in [-0.2, -0.15) is 22.0 Å². The zero-order valence-electron chi connectivity index (χ0n) is 19.5. The van der Waals surface area contributed by atoms with Gasteiger partial charge in [0.2, 0.25) is 0 Å². The number of carbonyl (C=O) groups excluding carboxylic acids is 1. The second kappa shape index (κ2) is 10.3. The Kier molecular flexibility index (Phi) is 7.18. The van der Waals surface area contributed by atoms with E-state index < -0.39 is 25.4 Å². The molecule has 12 heteroatoms. The minimum atomic E-state index is -4.43. The average molecular weight is 519 g/mol. The summed E-state index contributed by atoms with van der Waals surface area (Å²) in [5.74, 6) is -0.108. The Morgan fingerprint density at radius 2 is 1.78 bits per heavy atom. The fourth-order valence-electron chi connectivity index (χ4n) is 3.89. The number of rotatable bonds is 7. The van der Waals surface area contributed by atoms with Gasteiger partial charge in [0, 0.05) is 35.9 Å². The van der Waals surface area contributed by atoms with Crippen molar-refractivity contribution < 1.29 is 31.5 Å². The molecule has 1 heterocycles. The van der Waals surface area contributed by atoms with Gasteiger partial charge in [-0.25, -0.2) is 4.79 Å². The molecule has 7 nitrogen and oxygen atoms in total. The summed E-state index contributed by atoms with van der Waals surface area (Å²) in [6, 6.07) is 14.4. The molecule has 3 N–H and O–H groups in total. The van der Waals surface area contributed by atoms with Crippen LogP contribution in [-0.2, 0) is 6.54 Å². The molecule has 0 aliphatic carbocycles. The van der Waals surface area contributed by atoms with Crippen LogP contribution in [-0.4, -0.2) is 38.6 Å². The van der Waals surface area contributed by atoms with Crippen LogP contribution >= 0.6 is 0 Å². The second-order valence-electron chi connectivity index (χ2n) is 8.09. The third kappa shape index (κ3) is 5.90. The normalized spacial score (nSPS) is 13.9. The Balaban J connectivity index is 1.77. The maximum Gasteiger partial charge on any atom is 0.405 e. The highest BCUT2D eigenvalue weighted by Gasteiger charge is 2.33. The molecule has 0 unspecified atom stereocenters. The first-order valence-corrected chi connectivity index (χ1v) is 11.0. The molecule has 0 radical (unpaired) electrons. The molecule has 3 aromatic carbocycles. The standard InChI is InChI=1S/C25H22F5N5O2/c1-32-12-16-10-19(6-9-21(16)31)34-13-15-2-3-17(33-14-25(28,29)30)11-22(15)35(24(34)36)18-4-7-20(8-5-18)37-23(26)27/h2-12,23,33H,13-14,31H2,1H3. The molecule has 0 atom stereocenters. The fraction of sp³-hybridized carbons (Fsp3) is 0.200. The number of anilines is 5. The van der Waals surface area contributed by atoms with Crippen molar-refractivity contribution in [2.45, 2.75) is 19.3 Å². The number of amides is 2. The van der Waals surface area contributed by atoms with E-state index in [0.717, 1.165) is 0 Å². The number of alkyl halides is 5. The monoisotopic (exact) mass is 519 g/mol. The van der Waals surface area contributed by atoms with Crippen LogP contribution in [0.25, 0.3) is 0 Å². The smallest absolute Gasteiger partial charge is 0.405 e. The lowest BCUT2D eigenvalue weighted by Gasteiger charge is -2.37. The Labute approximate surface area is 209 Å². The Hall–Kier alpha value is -4.35. The first-order valence-electron chi connectivity index (χ1n) is 11.0. The van der Waals surface area contributed by atoms with Gasteiger partial charge in [-0.1, -0.05) is 6.07 Å². The number of nitrogen functional groups attached to an aromatic ring is 1. The zero-order valence-corrected chi connectivity index (χ0v) is 19.5. The first-order chi connectivity index (χ1) is 17.6. The number of ether oxygens (including phenoxy) is 1. The first kappa shape index (κ1) is 25.7. The van der Waals surface area contributed by atoms with Crippen LogP contribution in [0.2, 0.25) is 0 Å². The average Bonchev–Trinajstić information content (AvgIpc) is 2.84. The molecular weight excluding hydrogens is 497 g/mol. The van der Waals surface area contributed by atoms with Gasteiger partial charge in [-0.05, 0) is 60.2 Å². The Morgan fingerprint density at radius 1 is 1.08 bits per heavy atom. The molecule has 0 fully saturated rings. The number of nitrogens with one attached hydrogen (secondary N) is 1. The summed E-state index contributed by atoms with van der Waals surface area (Å²) in [6.45, 7) is -4.14. The van der Waals surface area contributed by atoms with E-state index in [2.05, 4.69) is 15.0 Å². The van der Waals surface area contributed by atoms with Crippen molar-refractivity contribution in [1.82, 2.24) is 0 Å². The van der Waals surface area contributed by atoms with Crippen LogP contribution in [0.15, 0.2) is 65.7 Å². The second-order valence-corrected chi connectivity index (χ2v) is 8.09. The molecule has 3 aromatic rings. The van der Waals surface area contributed by atoms with E-state index in [1.165, 1.54) is 46.2 Å². The summed E-state index contributed by atoms with van der Waals surface area (Å²) in [4.78, 5) is 20.5.